The largest absolute Gasteiger partial charge is 0.481 e. The summed E-state index contributed by atoms with van der Waals surface area (Å²) in [7, 11) is 0. The highest BCUT2D eigenvalue weighted by Crippen LogP contribution is 2.40. The van der Waals surface area contributed by atoms with Crippen molar-refractivity contribution in [3.8, 4) is 0 Å². The van der Waals surface area contributed by atoms with Crippen molar-refractivity contribution < 1.29 is 37.8 Å². The number of nitrogens with one attached hydrogen (secondary N) is 4. The van der Waals surface area contributed by atoms with E-state index in [4.69, 9.17) is 11.6 Å². The summed E-state index contributed by atoms with van der Waals surface area (Å²) in [5.74, 6) is -5.48. The highest BCUT2D eigenvalue weighted by molar-refractivity contribution is 9.09. The summed E-state index contributed by atoms with van der Waals surface area (Å²) in [6.07, 6.45) is -5.57. The zero-order valence-electron chi connectivity index (χ0n) is 19.9. The van der Waals surface area contributed by atoms with Gasteiger partial charge in [0.05, 0.1) is 31.5 Å². The number of hydrogen-bond donors (Lipinski definition) is 6. The van der Waals surface area contributed by atoms with Crippen LogP contribution in [0, 0.1) is 17.8 Å². The molecule has 0 bridgehead atoms. The number of carboxylic acid groups (broad SMARTS) is 1. The summed E-state index contributed by atoms with van der Waals surface area (Å²) in [5, 5.41) is 30.3. The Bertz CT molecular complexity index is 882. The van der Waals surface area contributed by atoms with Gasteiger partial charge in [-0.3, -0.25) is 19.4 Å². The summed E-state index contributed by atoms with van der Waals surface area (Å²) in [4.78, 5) is 40.5. The molecule has 37 heavy (non-hydrogen) atoms. The minimum absolute atomic E-state index is 0.139. The van der Waals surface area contributed by atoms with Crippen LogP contribution in [0.2, 0.25) is 0 Å². The second kappa shape index (κ2) is 12.8. The zero-order chi connectivity index (χ0) is 27.3. The monoisotopic (exact) mass is 617 g/mol. The van der Waals surface area contributed by atoms with Crippen LogP contribution in [0.3, 0.4) is 0 Å². The van der Waals surface area contributed by atoms with Crippen molar-refractivity contribution >= 4 is 51.3 Å². The molecule has 1 aliphatic heterocycles. The normalized spacial score (nSPS) is 33.0. The molecule has 3 rings (SSSR count). The average Bonchev–Trinajstić information content (AvgIpc) is 3.31. The molecule has 210 valence electrons. The Balaban J connectivity index is 1.59. The second-order valence-electron chi connectivity index (χ2n) is 9.87. The van der Waals surface area contributed by atoms with Crippen LogP contribution in [0.4, 0.5) is 13.2 Å². The summed E-state index contributed by atoms with van der Waals surface area (Å²) < 4.78 is 40.6. The van der Waals surface area contributed by atoms with Crippen LogP contribution in [0.5, 0.6) is 0 Å². The molecule has 10 nitrogen and oxygen atoms in total. The van der Waals surface area contributed by atoms with Gasteiger partial charge in [0, 0.05) is 40.7 Å². The van der Waals surface area contributed by atoms with Crippen LogP contribution < -0.4 is 21.3 Å². The van der Waals surface area contributed by atoms with E-state index in [2.05, 4.69) is 42.2 Å². The molecular formula is C22H32BrClF3N5O5. The molecule has 0 aromatic rings. The summed E-state index contributed by atoms with van der Waals surface area (Å²) >= 11 is 9.56. The Morgan fingerprint density at radius 2 is 1.92 bits per heavy atom. The Labute approximate surface area is 225 Å². The Morgan fingerprint density at radius 1 is 1.19 bits per heavy atom. The van der Waals surface area contributed by atoms with Gasteiger partial charge < -0.3 is 31.5 Å². The second-order valence-corrected chi connectivity index (χ2v) is 11.7. The minimum atomic E-state index is -4.47. The van der Waals surface area contributed by atoms with E-state index >= 15 is 0 Å². The van der Waals surface area contributed by atoms with Gasteiger partial charge in [0.25, 0.3) is 0 Å². The first-order valence-electron chi connectivity index (χ1n) is 12.2. The predicted octanol–water partition coefficient (Wildman–Crippen LogP) is 1.10. The highest BCUT2D eigenvalue weighted by atomic mass is 79.9. The van der Waals surface area contributed by atoms with Gasteiger partial charge in [0.15, 0.2) is 5.96 Å². The lowest BCUT2D eigenvalue weighted by atomic mass is 9.77. The third kappa shape index (κ3) is 8.60. The number of carbonyl (C=O) groups is 3. The Morgan fingerprint density at radius 3 is 2.54 bits per heavy atom. The van der Waals surface area contributed by atoms with Crippen LogP contribution in [0.15, 0.2) is 4.99 Å². The topological polar surface area (TPSA) is 152 Å². The predicted molar refractivity (Wildman–Crippen MR) is 132 cm³/mol. The first-order chi connectivity index (χ1) is 17.3. The van der Waals surface area contributed by atoms with Crippen molar-refractivity contribution in [2.45, 2.75) is 73.1 Å². The number of guanidine groups is 1. The third-order valence-electron chi connectivity index (χ3n) is 7.05. The van der Waals surface area contributed by atoms with Gasteiger partial charge >= 0.3 is 12.1 Å². The Kier molecular flexibility index (Phi) is 10.3. The van der Waals surface area contributed by atoms with E-state index in [1.807, 2.05) is 0 Å². The molecule has 2 amide bonds. The molecule has 8 unspecified atom stereocenters. The molecule has 0 aromatic heterocycles. The van der Waals surface area contributed by atoms with E-state index in [1.165, 1.54) is 0 Å². The maximum Gasteiger partial charge on any atom is 0.391 e. The molecule has 2 aliphatic carbocycles. The number of amides is 2. The highest BCUT2D eigenvalue weighted by Gasteiger charge is 2.47. The standard InChI is InChI=1S/C22H32BrClF3N5O5/c23-15-7-12(24)6-14(19(15)36)16(8-18(34)35)32-17(33)9-30-20(37)10-3-11(22(25,26)27)5-13(4-10)31-21-28-1-2-29-21/h10-16,19,36H,1-9H2,(H,30,37)(H,32,33)(H,34,35)(H2,28,29,31). The van der Waals surface area contributed by atoms with Gasteiger partial charge in [-0.25, -0.2) is 0 Å². The number of carboxylic acids is 1. The number of aliphatic imine (C=N–C) groups is 1. The Hall–Kier alpha value is -1.80. The number of halogens is 5. The lowest BCUT2D eigenvalue weighted by Crippen LogP contribution is -2.53. The van der Waals surface area contributed by atoms with E-state index < -0.39 is 79.3 Å². The van der Waals surface area contributed by atoms with Gasteiger partial charge in [-0.15, -0.1) is 11.6 Å². The summed E-state index contributed by atoms with van der Waals surface area (Å²) in [5.41, 5.74) is 0. The maximum atomic E-state index is 13.5. The fourth-order valence-electron chi connectivity index (χ4n) is 5.26. The molecule has 0 spiro atoms. The maximum absolute atomic E-state index is 13.5. The number of aliphatic hydroxyl groups is 1. The lowest BCUT2D eigenvalue weighted by Gasteiger charge is -2.39. The quantitative estimate of drug-likeness (QED) is 0.223. The first-order valence-corrected chi connectivity index (χ1v) is 13.5. The molecule has 2 fully saturated rings. The number of aliphatic hydroxyl groups excluding tert-OH is 1. The number of nitrogens with zero attached hydrogens (tertiary/aromatic N) is 1. The van der Waals surface area contributed by atoms with Crippen molar-refractivity contribution in [1.29, 1.82) is 0 Å². The first kappa shape index (κ1) is 29.8. The van der Waals surface area contributed by atoms with Crippen molar-refractivity contribution in [2.24, 2.45) is 22.7 Å². The smallest absolute Gasteiger partial charge is 0.391 e. The molecular weight excluding hydrogens is 587 g/mol. The number of alkyl halides is 5. The molecule has 0 saturated heterocycles. The molecule has 8 atom stereocenters. The third-order valence-corrected chi connectivity index (χ3v) is 8.33. The van der Waals surface area contributed by atoms with Gasteiger partial charge in [-0.05, 0) is 32.1 Å². The molecule has 3 aliphatic rings. The van der Waals surface area contributed by atoms with Gasteiger partial charge in [0.1, 0.15) is 0 Å². The van der Waals surface area contributed by atoms with Crippen LogP contribution >= 0.6 is 27.5 Å². The number of rotatable bonds is 8. The van der Waals surface area contributed by atoms with Crippen LogP contribution in [0.1, 0.15) is 38.5 Å². The number of aliphatic carboxylic acids is 1. The van der Waals surface area contributed by atoms with E-state index in [-0.39, 0.29) is 29.5 Å². The fraction of sp³-hybridized carbons (Fsp3) is 0.818. The van der Waals surface area contributed by atoms with Crippen molar-refractivity contribution in [1.82, 2.24) is 21.3 Å². The van der Waals surface area contributed by atoms with Crippen molar-refractivity contribution in [3.63, 3.8) is 0 Å². The molecule has 0 radical (unpaired) electrons. The summed E-state index contributed by atoms with van der Waals surface area (Å²) in [6.45, 7) is 0.554. The lowest BCUT2D eigenvalue weighted by molar-refractivity contribution is -0.188. The van der Waals surface area contributed by atoms with Crippen molar-refractivity contribution in [2.75, 3.05) is 19.6 Å². The molecule has 1 heterocycles. The van der Waals surface area contributed by atoms with Crippen LogP contribution in [-0.2, 0) is 14.4 Å². The number of carbonyl (C=O) groups excluding carboxylic acids is 2. The summed E-state index contributed by atoms with van der Waals surface area (Å²) in [6, 6.07) is -1.57. The zero-order valence-corrected chi connectivity index (χ0v) is 22.3. The van der Waals surface area contributed by atoms with E-state index in [1.54, 1.807) is 0 Å². The fourth-order valence-corrected chi connectivity index (χ4v) is 6.71. The SMILES string of the molecule is O=C(O)CC(NC(=O)CNC(=O)C1CC(NC2=NCCN2)CC(C(F)(F)F)C1)C1CC(Cl)CC(Br)C1O. The van der Waals surface area contributed by atoms with Crippen molar-refractivity contribution in [3.05, 3.63) is 0 Å². The number of hydrogen-bond acceptors (Lipinski definition) is 7. The van der Waals surface area contributed by atoms with E-state index in [0.717, 1.165) is 0 Å². The van der Waals surface area contributed by atoms with E-state index in [0.29, 0.717) is 25.5 Å². The van der Waals surface area contributed by atoms with Gasteiger partial charge in [-0.1, -0.05) is 15.9 Å². The molecule has 0 aromatic carbocycles. The minimum Gasteiger partial charge on any atom is -0.481 e. The van der Waals surface area contributed by atoms with Gasteiger partial charge in [-0.2, -0.15) is 13.2 Å². The van der Waals surface area contributed by atoms with E-state index in [9.17, 15) is 37.8 Å². The molecule has 2 saturated carbocycles. The van der Waals surface area contributed by atoms with Gasteiger partial charge in [0.2, 0.25) is 11.8 Å². The average molecular weight is 619 g/mol. The molecule has 15 heteroatoms. The molecule has 6 N–H and O–H groups in total. The van der Waals surface area contributed by atoms with Crippen LogP contribution in [0.25, 0.3) is 0 Å². The van der Waals surface area contributed by atoms with Crippen LogP contribution in [-0.4, -0.2) is 88.2 Å².